The molecule has 0 bridgehead atoms. The van der Waals surface area contributed by atoms with Gasteiger partial charge in [-0.1, -0.05) is 42.5 Å². The molecule has 182 valence electrons. The third kappa shape index (κ3) is 4.40. The molecule has 0 N–H and O–H groups in total. The van der Waals surface area contributed by atoms with Gasteiger partial charge in [-0.3, -0.25) is 4.79 Å². The molecule has 3 saturated heterocycles. The molecular formula is C26H32N2O5S. The minimum Gasteiger partial charge on any atom is -0.378 e. The Balaban J connectivity index is 1.30. The van der Waals surface area contributed by atoms with Crippen molar-refractivity contribution in [3.05, 3.63) is 71.3 Å². The smallest absolute Gasteiger partial charge is 0.254 e. The molecule has 0 aromatic heterocycles. The summed E-state index contributed by atoms with van der Waals surface area (Å²) in [4.78, 5) is 15.0. The number of nitrogens with zero attached hydrogens (tertiary/aromatic N) is 2. The summed E-state index contributed by atoms with van der Waals surface area (Å²) < 4.78 is 40.0. The van der Waals surface area contributed by atoms with Gasteiger partial charge in [0.1, 0.15) is 10.9 Å². The molecule has 1 amide bonds. The Morgan fingerprint density at radius 1 is 1.06 bits per heavy atom. The predicted molar refractivity (Wildman–Crippen MR) is 129 cm³/mol. The Morgan fingerprint density at radius 2 is 1.82 bits per heavy atom. The minimum atomic E-state index is -3.49. The van der Waals surface area contributed by atoms with Crippen LogP contribution >= 0.6 is 0 Å². The summed E-state index contributed by atoms with van der Waals surface area (Å²) in [6.45, 7) is 5.24. The van der Waals surface area contributed by atoms with Gasteiger partial charge in [-0.15, -0.1) is 0 Å². The third-order valence-corrected chi connectivity index (χ3v) is 9.76. The van der Waals surface area contributed by atoms with Crippen molar-refractivity contribution in [3.8, 4) is 0 Å². The monoisotopic (exact) mass is 484 g/mol. The molecule has 3 unspecified atom stereocenters. The number of sulfonamides is 1. The van der Waals surface area contributed by atoms with Crippen LogP contribution in [-0.2, 0) is 19.5 Å². The molecule has 0 radical (unpaired) electrons. The Morgan fingerprint density at radius 3 is 2.53 bits per heavy atom. The molecule has 2 aromatic carbocycles. The van der Waals surface area contributed by atoms with Crippen LogP contribution in [0.2, 0.25) is 0 Å². The maximum atomic E-state index is 13.5. The molecule has 3 aliphatic heterocycles. The van der Waals surface area contributed by atoms with Crippen LogP contribution in [0.15, 0.2) is 54.6 Å². The molecule has 1 spiro atoms. The number of amides is 1. The summed E-state index contributed by atoms with van der Waals surface area (Å²) in [5, 5.41) is -0.515. The van der Waals surface area contributed by atoms with E-state index < -0.39 is 15.3 Å². The van der Waals surface area contributed by atoms with Gasteiger partial charge in [0.05, 0.1) is 19.8 Å². The van der Waals surface area contributed by atoms with Crippen molar-refractivity contribution in [1.29, 1.82) is 0 Å². The van der Waals surface area contributed by atoms with Crippen molar-refractivity contribution in [2.45, 2.75) is 43.1 Å². The minimum absolute atomic E-state index is 0.0245. The highest BCUT2D eigenvalue weighted by Gasteiger charge is 2.42. The van der Waals surface area contributed by atoms with E-state index in [0.717, 1.165) is 24.0 Å². The Bertz CT molecular complexity index is 1110. The first-order valence-electron chi connectivity index (χ1n) is 12.1. The van der Waals surface area contributed by atoms with Crippen LogP contribution in [0.25, 0.3) is 0 Å². The van der Waals surface area contributed by atoms with Crippen molar-refractivity contribution < 1.29 is 22.7 Å². The van der Waals surface area contributed by atoms with Crippen molar-refractivity contribution in [3.63, 3.8) is 0 Å². The molecule has 0 saturated carbocycles. The molecule has 3 atom stereocenters. The average Bonchev–Trinajstić information content (AvgIpc) is 3.30. The van der Waals surface area contributed by atoms with Crippen LogP contribution in [-0.4, -0.2) is 68.6 Å². The van der Waals surface area contributed by atoms with E-state index in [0.29, 0.717) is 51.4 Å². The lowest BCUT2D eigenvalue weighted by atomic mass is 9.99. The van der Waals surface area contributed by atoms with Crippen LogP contribution in [0, 0.1) is 0 Å². The fourth-order valence-electron chi connectivity index (χ4n) is 5.39. The van der Waals surface area contributed by atoms with Gasteiger partial charge < -0.3 is 14.4 Å². The van der Waals surface area contributed by atoms with Crippen molar-refractivity contribution in [1.82, 2.24) is 9.21 Å². The van der Waals surface area contributed by atoms with Crippen LogP contribution in [0.3, 0.4) is 0 Å². The zero-order valence-electron chi connectivity index (χ0n) is 19.6. The summed E-state index contributed by atoms with van der Waals surface area (Å²) in [5.74, 6) is -0.0245. The van der Waals surface area contributed by atoms with E-state index >= 15 is 0 Å². The summed E-state index contributed by atoms with van der Waals surface area (Å²) in [7, 11) is -3.49. The lowest BCUT2D eigenvalue weighted by Gasteiger charge is -2.39. The second-order valence-corrected chi connectivity index (χ2v) is 11.6. The molecule has 3 heterocycles. The standard InChI is InChI=1S/C26H32N2O5S/c1-20(28-14-5-8-24(34(28,30)31)22-6-3-2-4-7-22)21-9-11-23(12-10-21)25(29)27-15-17-33-26(18-27)13-16-32-19-26/h2-4,6-7,9-12,20,24H,5,8,13-19H2,1H3. The second-order valence-electron chi connectivity index (χ2n) is 9.56. The number of morpholine rings is 1. The third-order valence-electron chi connectivity index (χ3n) is 7.38. The van der Waals surface area contributed by atoms with Gasteiger partial charge >= 0.3 is 0 Å². The van der Waals surface area contributed by atoms with E-state index in [2.05, 4.69) is 0 Å². The lowest BCUT2D eigenvalue weighted by molar-refractivity contribution is -0.0995. The first-order chi connectivity index (χ1) is 16.4. The second kappa shape index (κ2) is 9.41. The van der Waals surface area contributed by atoms with Crippen LogP contribution < -0.4 is 0 Å². The first-order valence-corrected chi connectivity index (χ1v) is 13.6. The highest BCUT2D eigenvalue weighted by Crippen LogP contribution is 2.39. The number of benzene rings is 2. The van der Waals surface area contributed by atoms with E-state index in [1.807, 2.05) is 66.4 Å². The number of hydrogen-bond donors (Lipinski definition) is 0. The number of carbonyl (C=O) groups excluding carboxylic acids is 1. The topological polar surface area (TPSA) is 76.2 Å². The van der Waals surface area contributed by atoms with E-state index in [4.69, 9.17) is 9.47 Å². The number of rotatable bonds is 4. The molecule has 34 heavy (non-hydrogen) atoms. The summed E-state index contributed by atoms with van der Waals surface area (Å²) >= 11 is 0. The highest BCUT2D eigenvalue weighted by atomic mass is 32.2. The Labute approximate surface area is 201 Å². The van der Waals surface area contributed by atoms with Crippen molar-refractivity contribution in [2.24, 2.45) is 0 Å². The van der Waals surface area contributed by atoms with Crippen LogP contribution in [0.4, 0.5) is 0 Å². The number of carbonyl (C=O) groups is 1. The van der Waals surface area contributed by atoms with Crippen molar-refractivity contribution in [2.75, 3.05) is 39.5 Å². The summed E-state index contributed by atoms with van der Waals surface area (Å²) in [6, 6.07) is 16.6. The zero-order valence-corrected chi connectivity index (χ0v) is 20.4. The van der Waals surface area contributed by atoms with Gasteiger partial charge in [0.25, 0.3) is 5.91 Å². The quantitative estimate of drug-likeness (QED) is 0.664. The van der Waals surface area contributed by atoms with Gasteiger partial charge in [-0.05, 0) is 43.0 Å². The van der Waals surface area contributed by atoms with Crippen molar-refractivity contribution >= 4 is 15.9 Å². The molecule has 5 rings (SSSR count). The van der Waals surface area contributed by atoms with Gasteiger partial charge in [0.2, 0.25) is 10.0 Å². The first kappa shape index (κ1) is 23.5. The SMILES string of the molecule is CC(c1ccc(C(=O)N2CCOC3(CCOC3)C2)cc1)N1CCCC(c2ccccc2)S1(=O)=O. The molecule has 0 aliphatic carbocycles. The summed E-state index contributed by atoms with van der Waals surface area (Å²) in [6.07, 6.45) is 2.26. The molecule has 2 aromatic rings. The van der Waals surface area contributed by atoms with E-state index in [9.17, 15) is 13.2 Å². The average molecular weight is 485 g/mol. The Hall–Kier alpha value is -2.26. The molecule has 3 aliphatic rings. The molecule has 8 heteroatoms. The van der Waals surface area contributed by atoms with Gasteiger partial charge in [0, 0.05) is 37.7 Å². The van der Waals surface area contributed by atoms with Gasteiger partial charge in [-0.2, -0.15) is 4.31 Å². The zero-order chi connectivity index (χ0) is 23.8. The Kier molecular flexibility index (Phi) is 6.50. The van der Waals surface area contributed by atoms with E-state index in [1.54, 1.807) is 4.31 Å². The van der Waals surface area contributed by atoms with E-state index in [-0.39, 0.29) is 17.6 Å². The van der Waals surface area contributed by atoms with E-state index in [1.165, 1.54) is 0 Å². The fraction of sp³-hybridized carbons (Fsp3) is 0.500. The fourth-order valence-corrected chi connectivity index (χ4v) is 7.63. The lowest BCUT2D eigenvalue weighted by Crippen LogP contribution is -2.54. The molecular weight excluding hydrogens is 452 g/mol. The highest BCUT2D eigenvalue weighted by molar-refractivity contribution is 7.89. The van der Waals surface area contributed by atoms with Crippen LogP contribution in [0.5, 0.6) is 0 Å². The van der Waals surface area contributed by atoms with Crippen LogP contribution in [0.1, 0.15) is 59.0 Å². The predicted octanol–water partition coefficient (Wildman–Crippen LogP) is 3.55. The maximum Gasteiger partial charge on any atom is 0.254 e. The number of hydrogen-bond acceptors (Lipinski definition) is 5. The molecule has 7 nitrogen and oxygen atoms in total. The summed E-state index contributed by atoms with van der Waals surface area (Å²) in [5.41, 5.74) is 1.96. The normalized spacial score (nSPS) is 28.1. The number of ether oxygens (including phenoxy) is 2. The largest absolute Gasteiger partial charge is 0.378 e. The maximum absolute atomic E-state index is 13.5. The molecule has 3 fully saturated rings. The van der Waals surface area contributed by atoms with Gasteiger partial charge in [-0.25, -0.2) is 8.42 Å². The van der Waals surface area contributed by atoms with Gasteiger partial charge in [0.15, 0.2) is 0 Å².